The Balaban J connectivity index is 1.63. The number of carbonyl (C=O) groups excluding carboxylic acids is 1. The van der Waals surface area contributed by atoms with E-state index in [9.17, 15) is 10.0 Å². The Morgan fingerprint density at radius 1 is 1.04 bits per heavy atom. The van der Waals surface area contributed by atoms with Crippen LogP contribution >= 0.6 is 11.6 Å². The van der Waals surface area contributed by atoms with Gasteiger partial charge in [-0.05, 0) is 36.4 Å². The molecule has 8 heteroatoms. The molecule has 0 radical (unpaired) electrons. The summed E-state index contributed by atoms with van der Waals surface area (Å²) in [5.41, 5.74) is 0.107. The standard InChI is InChI=1S/C16H16ClNO6/c17-12-2-6-14(7-3-12)22-10-1-11-23-16(19)24-15-8-4-13(5-9-15)18(20)21/h2-9,18,20H,1,10-11H2. The summed E-state index contributed by atoms with van der Waals surface area (Å²) in [6.45, 7) is 0.516. The van der Waals surface area contributed by atoms with Crippen LogP contribution < -0.4 is 14.7 Å². The Morgan fingerprint density at radius 3 is 2.29 bits per heavy atom. The highest BCUT2D eigenvalue weighted by Gasteiger charge is 2.07. The molecule has 0 aromatic heterocycles. The second-order valence-electron chi connectivity index (χ2n) is 4.69. The van der Waals surface area contributed by atoms with Gasteiger partial charge in [0.25, 0.3) is 0 Å². The fourth-order valence-electron chi connectivity index (χ4n) is 1.73. The largest absolute Gasteiger partial charge is 0.595 e. The molecule has 0 spiro atoms. The van der Waals surface area contributed by atoms with Gasteiger partial charge in [0.2, 0.25) is 0 Å². The van der Waals surface area contributed by atoms with Gasteiger partial charge in [0, 0.05) is 23.6 Å². The molecule has 0 saturated carbocycles. The van der Waals surface area contributed by atoms with Crippen LogP contribution in [0.4, 0.5) is 10.5 Å². The fraction of sp³-hybridized carbons (Fsp3) is 0.188. The number of hydrogen-bond donors (Lipinski definition) is 2. The van der Waals surface area contributed by atoms with Gasteiger partial charge in [-0.1, -0.05) is 11.6 Å². The second kappa shape index (κ2) is 9.09. The molecule has 1 unspecified atom stereocenters. The first kappa shape index (κ1) is 18.0. The molecule has 0 heterocycles. The van der Waals surface area contributed by atoms with Crippen molar-refractivity contribution in [2.45, 2.75) is 6.42 Å². The lowest BCUT2D eigenvalue weighted by Gasteiger charge is -2.11. The number of benzene rings is 2. The molecule has 0 fully saturated rings. The van der Waals surface area contributed by atoms with E-state index in [4.69, 9.17) is 31.0 Å². The van der Waals surface area contributed by atoms with Crippen molar-refractivity contribution in [1.29, 1.82) is 0 Å². The van der Waals surface area contributed by atoms with Gasteiger partial charge in [-0.3, -0.25) is 0 Å². The van der Waals surface area contributed by atoms with Crippen LogP contribution in [0.25, 0.3) is 0 Å². The molecule has 7 nitrogen and oxygen atoms in total. The number of rotatable bonds is 7. The minimum atomic E-state index is -1.05. The maximum Gasteiger partial charge on any atom is 0.513 e. The van der Waals surface area contributed by atoms with Gasteiger partial charge in [0.15, 0.2) is 5.69 Å². The van der Waals surface area contributed by atoms with Crippen molar-refractivity contribution in [3.8, 4) is 11.5 Å². The number of quaternary nitrogens is 1. The third-order valence-corrected chi connectivity index (χ3v) is 3.15. The summed E-state index contributed by atoms with van der Waals surface area (Å²) < 4.78 is 15.3. The summed E-state index contributed by atoms with van der Waals surface area (Å²) in [6, 6.07) is 12.4. The third-order valence-electron chi connectivity index (χ3n) is 2.89. The van der Waals surface area contributed by atoms with Gasteiger partial charge < -0.3 is 19.4 Å². The van der Waals surface area contributed by atoms with E-state index >= 15 is 0 Å². The van der Waals surface area contributed by atoms with E-state index in [0.717, 1.165) is 0 Å². The Morgan fingerprint density at radius 2 is 1.67 bits per heavy atom. The van der Waals surface area contributed by atoms with Crippen LogP contribution in [0.15, 0.2) is 48.5 Å². The third kappa shape index (κ3) is 6.05. The van der Waals surface area contributed by atoms with Crippen molar-refractivity contribution in [3.63, 3.8) is 0 Å². The molecule has 2 N–H and O–H groups in total. The molecule has 0 aliphatic rings. The highest BCUT2D eigenvalue weighted by molar-refractivity contribution is 6.30. The number of hydrogen-bond acceptors (Lipinski definition) is 6. The molecule has 24 heavy (non-hydrogen) atoms. The first-order chi connectivity index (χ1) is 11.5. The lowest BCUT2D eigenvalue weighted by Crippen LogP contribution is -2.99. The van der Waals surface area contributed by atoms with E-state index < -0.39 is 11.4 Å². The molecule has 2 aromatic rings. The maximum absolute atomic E-state index is 11.5. The minimum Gasteiger partial charge on any atom is -0.595 e. The van der Waals surface area contributed by atoms with Crippen LogP contribution in [0.2, 0.25) is 5.02 Å². The molecule has 2 rings (SSSR count). The quantitative estimate of drug-likeness (QED) is 0.344. The van der Waals surface area contributed by atoms with Crippen molar-refractivity contribution in [3.05, 3.63) is 58.8 Å². The first-order valence-electron chi connectivity index (χ1n) is 7.11. The molecule has 1 atom stereocenters. The zero-order valence-electron chi connectivity index (χ0n) is 12.6. The van der Waals surface area contributed by atoms with Gasteiger partial charge in [-0.15, -0.1) is 0 Å². The second-order valence-corrected chi connectivity index (χ2v) is 5.12. The van der Waals surface area contributed by atoms with E-state index in [1.807, 2.05) is 0 Å². The summed E-state index contributed by atoms with van der Waals surface area (Å²) in [5.74, 6) is 0.892. The van der Waals surface area contributed by atoms with E-state index in [0.29, 0.717) is 23.8 Å². The molecular weight excluding hydrogens is 338 g/mol. The molecule has 128 valence electrons. The van der Waals surface area contributed by atoms with E-state index in [2.05, 4.69) is 0 Å². The van der Waals surface area contributed by atoms with Gasteiger partial charge in [0.1, 0.15) is 11.5 Å². The topological polar surface area (TPSA) is 92.5 Å². The van der Waals surface area contributed by atoms with Crippen molar-refractivity contribution in [2.75, 3.05) is 13.2 Å². The normalized spacial score (nSPS) is 11.6. The van der Waals surface area contributed by atoms with E-state index in [1.165, 1.54) is 24.3 Å². The average Bonchev–Trinajstić information content (AvgIpc) is 2.56. The summed E-state index contributed by atoms with van der Waals surface area (Å²) in [5, 5.41) is 19.1. The average molecular weight is 354 g/mol. The first-order valence-corrected chi connectivity index (χ1v) is 7.49. The SMILES string of the molecule is O=C(OCCCOc1ccc(Cl)cc1)Oc1ccc([NH+]([O-])O)cc1. The number of carbonyl (C=O) groups is 1. The fourth-order valence-corrected chi connectivity index (χ4v) is 1.85. The smallest absolute Gasteiger partial charge is 0.513 e. The zero-order chi connectivity index (χ0) is 17.4. The highest BCUT2D eigenvalue weighted by atomic mass is 35.5. The Hall–Kier alpha value is -2.32. The zero-order valence-corrected chi connectivity index (χ0v) is 13.4. The summed E-state index contributed by atoms with van der Waals surface area (Å²) in [7, 11) is 0. The lowest BCUT2D eigenvalue weighted by molar-refractivity contribution is -0.991. The molecule has 0 saturated heterocycles. The van der Waals surface area contributed by atoms with Gasteiger partial charge >= 0.3 is 6.16 Å². The Labute approximate surface area is 143 Å². The molecule has 0 aliphatic carbocycles. The predicted molar refractivity (Wildman–Crippen MR) is 85.8 cm³/mol. The van der Waals surface area contributed by atoms with Crippen LogP contribution in [0.5, 0.6) is 11.5 Å². The van der Waals surface area contributed by atoms with Crippen molar-refractivity contribution in [1.82, 2.24) is 0 Å². The van der Waals surface area contributed by atoms with Crippen LogP contribution in [-0.4, -0.2) is 24.6 Å². The lowest BCUT2D eigenvalue weighted by atomic mass is 10.3. The van der Waals surface area contributed by atoms with Gasteiger partial charge in [-0.2, -0.15) is 5.23 Å². The summed E-state index contributed by atoms with van der Waals surface area (Å²) in [4.78, 5) is 11.5. The van der Waals surface area contributed by atoms with Crippen LogP contribution in [-0.2, 0) is 4.74 Å². The Bertz CT molecular complexity index is 645. The molecular formula is C16H16ClNO6. The van der Waals surface area contributed by atoms with Gasteiger partial charge in [0.05, 0.1) is 13.2 Å². The number of nitrogens with one attached hydrogen (secondary N) is 1. The molecule has 0 amide bonds. The van der Waals surface area contributed by atoms with Crippen LogP contribution in [0, 0.1) is 5.21 Å². The Kier molecular flexibility index (Phi) is 6.83. The van der Waals surface area contributed by atoms with E-state index in [1.54, 1.807) is 24.3 Å². The van der Waals surface area contributed by atoms with Crippen molar-refractivity contribution in [2.24, 2.45) is 0 Å². The van der Waals surface area contributed by atoms with Gasteiger partial charge in [-0.25, -0.2) is 10.0 Å². The molecule has 0 bridgehead atoms. The highest BCUT2D eigenvalue weighted by Crippen LogP contribution is 2.16. The molecule has 0 aliphatic heterocycles. The summed E-state index contributed by atoms with van der Waals surface area (Å²) in [6.07, 6.45) is -0.361. The molecule has 2 aromatic carbocycles. The van der Waals surface area contributed by atoms with Crippen molar-refractivity contribution >= 4 is 23.4 Å². The van der Waals surface area contributed by atoms with Crippen molar-refractivity contribution < 1.29 is 29.4 Å². The summed E-state index contributed by atoms with van der Waals surface area (Å²) >= 11 is 5.76. The maximum atomic E-state index is 11.5. The van der Waals surface area contributed by atoms with Crippen LogP contribution in [0.3, 0.4) is 0 Å². The minimum absolute atomic E-state index is 0.107. The number of ether oxygens (including phenoxy) is 3. The monoisotopic (exact) mass is 353 g/mol. The number of halogens is 1. The van der Waals surface area contributed by atoms with Crippen LogP contribution in [0.1, 0.15) is 6.42 Å². The van der Waals surface area contributed by atoms with E-state index in [-0.39, 0.29) is 18.0 Å². The predicted octanol–water partition coefficient (Wildman–Crippen LogP) is 2.73.